The molecule has 0 fully saturated rings. The Labute approximate surface area is 99.7 Å². The minimum absolute atomic E-state index is 0.485. The van der Waals surface area contributed by atoms with Gasteiger partial charge in [-0.1, -0.05) is 24.3 Å². The second-order valence-corrected chi connectivity index (χ2v) is 4.90. The van der Waals surface area contributed by atoms with Crippen LogP contribution in [0.4, 0.5) is 5.69 Å². The second kappa shape index (κ2) is 6.28. The smallest absolute Gasteiger partial charge is 0.0624 e. The molecule has 0 aliphatic rings. The van der Waals surface area contributed by atoms with Crippen molar-refractivity contribution < 1.29 is 4.21 Å². The third-order valence-electron chi connectivity index (χ3n) is 2.19. The average molecular weight is 235 g/mol. The normalized spacial score (nSPS) is 11.8. The van der Waals surface area contributed by atoms with E-state index in [9.17, 15) is 4.21 Å². The van der Waals surface area contributed by atoms with Crippen LogP contribution in [0.2, 0.25) is 0 Å². The highest BCUT2D eigenvalue weighted by Crippen LogP contribution is 2.22. The van der Waals surface area contributed by atoms with Crippen LogP contribution in [0.1, 0.15) is 0 Å². The van der Waals surface area contributed by atoms with Crippen molar-refractivity contribution in [2.75, 3.05) is 24.2 Å². The van der Waals surface area contributed by atoms with Crippen LogP contribution in [-0.4, -0.2) is 23.6 Å². The topological polar surface area (TPSA) is 20.3 Å². The van der Waals surface area contributed by atoms with Crippen LogP contribution >= 0.6 is 0 Å². The summed E-state index contributed by atoms with van der Waals surface area (Å²) in [4.78, 5) is 2.88. The van der Waals surface area contributed by atoms with Crippen LogP contribution < -0.4 is 4.90 Å². The number of para-hydroxylation sites is 1. The molecule has 1 unspecified atom stereocenters. The molecule has 1 atom stereocenters. The highest BCUT2D eigenvalue weighted by atomic mass is 32.2. The van der Waals surface area contributed by atoms with Crippen LogP contribution in [0, 0.1) is 0 Å². The van der Waals surface area contributed by atoms with Gasteiger partial charge in [0.1, 0.15) is 0 Å². The predicted molar refractivity (Wildman–Crippen MR) is 71.4 cm³/mol. The number of anilines is 1. The number of benzene rings is 1. The molecule has 1 rings (SSSR count). The van der Waals surface area contributed by atoms with Crippen LogP contribution in [0.3, 0.4) is 0 Å². The van der Waals surface area contributed by atoms with Crippen molar-refractivity contribution in [3.8, 4) is 0 Å². The van der Waals surface area contributed by atoms with Crippen molar-refractivity contribution in [1.29, 1.82) is 0 Å². The van der Waals surface area contributed by atoms with E-state index in [0.717, 1.165) is 17.1 Å². The summed E-state index contributed by atoms with van der Waals surface area (Å²) in [6, 6.07) is 7.72. The third-order valence-corrected chi connectivity index (χ3v) is 3.57. The van der Waals surface area contributed by atoms with Crippen LogP contribution in [-0.2, 0) is 10.8 Å². The number of hydrogen-bond donors (Lipinski definition) is 0. The lowest BCUT2D eigenvalue weighted by atomic mass is 10.3. The Kier molecular flexibility index (Phi) is 4.99. The zero-order valence-corrected chi connectivity index (χ0v) is 10.4. The third kappa shape index (κ3) is 3.07. The van der Waals surface area contributed by atoms with Gasteiger partial charge in [-0.15, -0.1) is 13.2 Å². The maximum absolute atomic E-state index is 12.0. The lowest BCUT2D eigenvalue weighted by Gasteiger charge is -2.20. The molecule has 0 aliphatic carbocycles. The first-order valence-electron chi connectivity index (χ1n) is 5.11. The lowest BCUT2D eigenvalue weighted by Crippen LogP contribution is -2.18. The first kappa shape index (κ1) is 12.7. The molecule has 0 saturated carbocycles. The molecule has 0 spiro atoms. The fourth-order valence-corrected chi connectivity index (χ4v) is 2.53. The number of rotatable bonds is 6. The van der Waals surface area contributed by atoms with Gasteiger partial charge in [-0.25, -0.2) is 0 Å². The summed E-state index contributed by atoms with van der Waals surface area (Å²) in [7, 11) is 0.951. The van der Waals surface area contributed by atoms with E-state index in [2.05, 4.69) is 13.2 Å². The van der Waals surface area contributed by atoms with Crippen LogP contribution in [0.15, 0.2) is 54.5 Å². The summed E-state index contributed by atoms with van der Waals surface area (Å²) >= 11 is 0. The van der Waals surface area contributed by atoms with Gasteiger partial charge in [-0.2, -0.15) is 0 Å². The van der Waals surface area contributed by atoms with Crippen LogP contribution in [0.25, 0.3) is 0 Å². The quantitative estimate of drug-likeness (QED) is 0.706. The molecule has 0 amide bonds. The average Bonchev–Trinajstić information content (AvgIpc) is 2.30. The molecule has 86 valence electrons. The van der Waals surface area contributed by atoms with E-state index in [1.165, 1.54) is 0 Å². The van der Waals surface area contributed by atoms with Gasteiger partial charge in [0.15, 0.2) is 0 Å². The van der Waals surface area contributed by atoms with Crippen molar-refractivity contribution in [1.82, 2.24) is 0 Å². The van der Waals surface area contributed by atoms with Crippen LogP contribution in [0.5, 0.6) is 0 Å². The summed E-state index contributed by atoms with van der Waals surface area (Å²) < 4.78 is 12.0. The largest absolute Gasteiger partial charge is 0.370 e. The highest BCUT2D eigenvalue weighted by Gasteiger charge is 2.10. The van der Waals surface area contributed by atoms with Gasteiger partial charge in [-0.05, 0) is 12.1 Å². The van der Waals surface area contributed by atoms with Crippen molar-refractivity contribution in [2.24, 2.45) is 0 Å². The Morgan fingerprint density at radius 1 is 1.31 bits per heavy atom. The summed E-state index contributed by atoms with van der Waals surface area (Å²) in [5, 5.41) is 0. The van der Waals surface area contributed by atoms with E-state index >= 15 is 0 Å². The Morgan fingerprint density at radius 2 is 2.00 bits per heavy atom. The van der Waals surface area contributed by atoms with E-state index < -0.39 is 10.8 Å². The van der Waals surface area contributed by atoms with E-state index in [-0.39, 0.29) is 0 Å². The summed E-state index contributed by atoms with van der Waals surface area (Å²) in [5.41, 5.74) is 0.989. The van der Waals surface area contributed by atoms with Gasteiger partial charge >= 0.3 is 0 Å². The van der Waals surface area contributed by atoms with E-state index in [4.69, 9.17) is 0 Å². The summed E-state index contributed by atoms with van der Waals surface area (Å²) in [5.74, 6) is 0.485. The zero-order chi connectivity index (χ0) is 12.0. The van der Waals surface area contributed by atoms with Gasteiger partial charge in [-0.3, -0.25) is 4.21 Å². The number of nitrogens with zero attached hydrogens (tertiary/aromatic N) is 1. The predicted octanol–water partition coefficient (Wildman–Crippen LogP) is 2.60. The molecule has 0 saturated heterocycles. The van der Waals surface area contributed by atoms with E-state index in [0.29, 0.717) is 5.75 Å². The Balaban J connectivity index is 3.03. The first-order chi connectivity index (χ1) is 7.70. The molecule has 0 aliphatic heterocycles. The van der Waals surface area contributed by atoms with E-state index in [1.807, 2.05) is 42.3 Å². The molecule has 1 aromatic rings. The fourth-order valence-electron chi connectivity index (χ4n) is 1.45. The molecule has 2 nitrogen and oxygen atoms in total. The molecule has 0 aromatic heterocycles. The summed E-state index contributed by atoms with van der Waals surface area (Å²) in [6.45, 7) is 8.06. The minimum Gasteiger partial charge on any atom is -0.370 e. The SMILES string of the molecule is C=CCN(C)c1ccccc1S(=O)CC=C. The number of hydrogen-bond acceptors (Lipinski definition) is 2. The maximum Gasteiger partial charge on any atom is 0.0624 e. The molecular weight excluding hydrogens is 218 g/mol. The molecule has 0 radical (unpaired) electrons. The minimum atomic E-state index is -1.01. The monoisotopic (exact) mass is 235 g/mol. The van der Waals surface area contributed by atoms with Gasteiger partial charge < -0.3 is 4.90 Å². The molecular formula is C13H17NOS. The van der Waals surface area contributed by atoms with E-state index in [1.54, 1.807) is 6.08 Å². The van der Waals surface area contributed by atoms with Crippen molar-refractivity contribution >= 4 is 16.5 Å². The van der Waals surface area contributed by atoms with Gasteiger partial charge in [0.2, 0.25) is 0 Å². The van der Waals surface area contributed by atoms with Crippen molar-refractivity contribution in [3.05, 3.63) is 49.6 Å². The molecule has 0 bridgehead atoms. The number of likely N-dealkylation sites (N-methyl/N-ethyl adjacent to an activating group) is 1. The summed E-state index contributed by atoms with van der Waals surface area (Å²) in [6.07, 6.45) is 3.51. The maximum atomic E-state index is 12.0. The first-order valence-corrected chi connectivity index (χ1v) is 6.43. The van der Waals surface area contributed by atoms with Gasteiger partial charge in [0.05, 0.1) is 21.4 Å². The van der Waals surface area contributed by atoms with Gasteiger partial charge in [0, 0.05) is 19.3 Å². The Hall–Kier alpha value is -1.35. The lowest BCUT2D eigenvalue weighted by molar-refractivity contribution is 0.685. The molecule has 1 aromatic carbocycles. The highest BCUT2D eigenvalue weighted by molar-refractivity contribution is 7.85. The second-order valence-electron chi connectivity index (χ2n) is 3.44. The fraction of sp³-hybridized carbons (Fsp3) is 0.231. The molecule has 3 heteroatoms. The Morgan fingerprint density at radius 3 is 2.62 bits per heavy atom. The standard InChI is InChI=1S/C13H17NOS/c1-4-10-14(3)12-8-6-7-9-13(12)16(15)11-5-2/h4-9H,1-2,10-11H2,3H3. The van der Waals surface area contributed by atoms with Gasteiger partial charge in [0.25, 0.3) is 0 Å². The van der Waals surface area contributed by atoms with Crippen molar-refractivity contribution in [3.63, 3.8) is 0 Å². The van der Waals surface area contributed by atoms with Crippen molar-refractivity contribution in [2.45, 2.75) is 4.90 Å². The molecule has 0 N–H and O–H groups in total. The molecule has 16 heavy (non-hydrogen) atoms. The molecule has 0 heterocycles. The zero-order valence-electron chi connectivity index (χ0n) is 9.56. The Bertz CT molecular complexity index is 401.